The first-order valence-corrected chi connectivity index (χ1v) is 10.3. The van der Waals surface area contributed by atoms with Crippen molar-refractivity contribution in [3.8, 4) is 0 Å². The molecule has 1 fully saturated rings. The zero-order valence-electron chi connectivity index (χ0n) is 16.0. The molecule has 0 bridgehead atoms. The monoisotopic (exact) mass is 372 g/mol. The molecule has 2 aromatic rings. The number of piperazine rings is 1. The van der Waals surface area contributed by atoms with Crippen LogP contribution in [0.1, 0.15) is 32.9 Å². The van der Waals surface area contributed by atoms with Gasteiger partial charge < -0.3 is 10.2 Å². The first-order chi connectivity index (χ1) is 12.5. The number of thioether (sulfide) groups is 1. The van der Waals surface area contributed by atoms with Gasteiger partial charge >= 0.3 is 0 Å². The number of nitrogens with one attached hydrogen (secondary N) is 2. The first kappa shape index (κ1) is 17.8. The van der Waals surface area contributed by atoms with E-state index in [1.807, 2.05) is 17.8 Å². The van der Waals surface area contributed by atoms with Gasteiger partial charge in [-0.3, -0.25) is 10.00 Å². The van der Waals surface area contributed by atoms with Crippen LogP contribution in [0, 0.1) is 5.92 Å². The molecule has 2 aromatic heterocycles. The molecule has 0 saturated carbocycles. The largest absolute Gasteiger partial charge is 0.347 e. The second-order valence-electron chi connectivity index (χ2n) is 7.71. The molecule has 2 N–H and O–H groups in total. The Balaban J connectivity index is 1.56. The van der Waals surface area contributed by atoms with Crippen LogP contribution in [0.2, 0.25) is 0 Å². The molecule has 0 spiro atoms. The number of nitrogens with zero attached hydrogens (tertiary/aromatic N) is 4. The number of hydrogen-bond acceptors (Lipinski definition) is 6. The maximum atomic E-state index is 4.58. The lowest BCUT2D eigenvalue weighted by molar-refractivity contribution is 0.122. The Bertz CT molecular complexity index is 813. The fourth-order valence-corrected chi connectivity index (χ4v) is 5.39. The van der Waals surface area contributed by atoms with E-state index in [1.165, 1.54) is 17.0 Å². The first-order valence-electron chi connectivity index (χ1n) is 9.42. The van der Waals surface area contributed by atoms with Crippen molar-refractivity contribution in [1.82, 2.24) is 30.3 Å². The Kier molecular flexibility index (Phi) is 4.94. The van der Waals surface area contributed by atoms with Crippen molar-refractivity contribution in [1.29, 1.82) is 0 Å². The summed E-state index contributed by atoms with van der Waals surface area (Å²) in [4.78, 5) is 10.7. The van der Waals surface area contributed by atoms with E-state index in [1.54, 1.807) is 6.20 Å². The number of rotatable bonds is 4. The quantitative estimate of drug-likeness (QED) is 0.861. The highest BCUT2D eigenvalue weighted by atomic mass is 32.2. The molecular formula is C19H28N6S. The van der Waals surface area contributed by atoms with E-state index >= 15 is 0 Å². The summed E-state index contributed by atoms with van der Waals surface area (Å²) in [7, 11) is 2.19. The Hall–Kier alpha value is -1.57. The van der Waals surface area contributed by atoms with Crippen molar-refractivity contribution in [2.75, 3.05) is 26.7 Å². The van der Waals surface area contributed by atoms with Crippen LogP contribution >= 0.6 is 11.8 Å². The van der Waals surface area contributed by atoms with Crippen LogP contribution < -0.4 is 5.32 Å². The normalized spacial score (nSPS) is 25.0. The lowest BCUT2D eigenvalue weighted by Crippen LogP contribution is -2.55. The molecule has 6 nitrogen and oxygen atoms in total. The molecule has 4 rings (SSSR count). The second kappa shape index (κ2) is 7.21. The van der Waals surface area contributed by atoms with Crippen LogP contribution in [0.5, 0.6) is 0 Å². The fourth-order valence-electron chi connectivity index (χ4n) is 4.12. The Morgan fingerprint density at radius 2 is 2.23 bits per heavy atom. The van der Waals surface area contributed by atoms with Gasteiger partial charge in [0.1, 0.15) is 11.2 Å². The molecule has 2 unspecified atom stereocenters. The predicted molar refractivity (Wildman–Crippen MR) is 108 cm³/mol. The Labute approximate surface area is 159 Å². The maximum Gasteiger partial charge on any atom is 0.155 e. The van der Waals surface area contributed by atoms with E-state index < -0.39 is 0 Å². The second-order valence-corrected chi connectivity index (χ2v) is 8.98. The number of aromatic amines is 1. The average Bonchev–Trinajstić information content (AvgIpc) is 3.15. The molecule has 2 aliphatic rings. The number of allylic oxidation sites excluding steroid dienone is 1. The van der Waals surface area contributed by atoms with E-state index in [4.69, 9.17) is 0 Å². The van der Waals surface area contributed by atoms with Gasteiger partial charge in [0.2, 0.25) is 0 Å². The van der Waals surface area contributed by atoms with Crippen LogP contribution in [0.15, 0.2) is 23.2 Å². The molecule has 2 atom stereocenters. The van der Waals surface area contributed by atoms with Gasteiger partial charge in [-0.05, 0) is 31.4 Å². The highest BCUT2D eigenvalue weighted by Gasteiger charge is 2.36. The summed E-state index contributed by atoms with van der Waals surface area (Å²) < 4.78 is 0. The smallest absolute Gasteiger partial charge is 0.155 e. The minimum Gasteiger partial charge on any atom is -0.347 e. The maximum absolute atomic E-state index is 4.58. The van der Waals surface area contributed by atoms with Crippen LogP contribution in [-0.2, 0) is 0 Å². The molecule has 2 aliphatic heterocycles. The molecule has 0 aliphatic carbocycles. The minimum atomic E-state index is 0.338. The van der Waals surface area contributed by atoms with E-state index in [-0.39, 0.29) is 0 Å². The van der Waals surface area contributed by atoms with E-state index in [2.05, 4.69) is 64.2 Å². The zero-order chi connectivity index (χ0) is 18.3. The topological polar surface area (TPSA) is 60.1 Å². The summed E-state index contributed by atoms with van der Waals surface area (Å²) in [5, 5.41) is 12.4. The number of fused-ring (bicyclic) bond motifs is 1. The standard InChI is InChI=1S/C19H28N6S/c1-12(2)10-14-11-25(9-8-20-14)19-24(4)17(13(3)26-19)16-15-6-5-7-21-18(15)23-22-16/h5-7,12,14,19-20H,8-11H2,1-4H3,(H,21,22,23). The lowest BCUT2D eigenvalue weighted by Gasteiger charge is -2.40. The number of pyridine rings is 1. The summed E-state index contributed by atoms with van der Waals surface area (Å²) >= 11 is 1.95. The van der Waals surface area contributed by atoms with Crippen molar-refractivity contribution < 1.29 is 0 Å². The summed E-state index contributed by atoms with van der Waals surface area (Å²) in [6.45, 7) is 10.1. The summed E-state index contributed by atoms with van der Waals surface area (Å²) in [6.07, 6.45) is 3.03. The lowest BCUT2D eigenvalue weighted by atomic mass is 10.0. The van der Waals surface area contributed by atoms with Gasteiger partial charge in [-0.25, -0.2) is 4.98 Å². The number of aromatic nitrogens is 3. The summed E-state index contributed by atoms with van der Waals surface area (Å²) in [6, 6.07) is 4.65. The van der Waals surface area contributed by atoms with Crippen LogP contribution in [0.3, 0.4) is 0 Å². The molecule has 4 heterocycles. The number of hydrogen-bond donors (Lipinski definition) is 2. The molecular weight excluding hydrogens is 344 g/mol. The molecule has 0 radical (unpaired) electrons. The van der Waals surface area contributed by atoms with Gasteiger partial charge in [0.15, 0.2) is 5.65 Å². The SMILES string of the molecule is CC1=C(c2n[nH]c3ncccc23)N(C)C(N2CCNC(CC(C)C)C2)S1. The minimum absolute atomic E-state index is 0.338. The van der Waals surface area contributed by atoms with Crippen molar-refractivity contribution in [2.24, 2.45) is 5.92 Å². The van der Waals surface area contributed by atoms with Gasteiger partial charge in [-0.2, -0.15) is 5.10 Å². The molecule has 26 heavy (non-hydrogen) atoms. The van der Waals surface area contributed by atoms with Crippen LogP contribution in [-0.4, -0.2) is 63.2 Å². The third-order valence-electron chi connectivity index (χ3n) is 5.22. The van der Waals surface area contributed by atoms with Crippen molar-refractivity contribution >= 4 is 28.5 Å². The summed E-state index contributed by atoms with van der Waals surface area (Å²) in [5.41, 5.74) is 3.42. The van der Waals surface area contributed by atoms with Gasteiger partial charge in [0.05, 0.1) is 5.70 Å². The van der Waals surface area contributed by atoms with Gasteiger partial charge in [0, 0.05) is 49.2 Å². The third-order valence-corrected chi connectivity index (χ3v) is 6.59. The van der Waals surface area contributed by atoms with Gasteiger partial charge in [0.25, 0.3) is 0 Å². The molecule has 7 heteroatoms. The van der Waals surface area contributed by atoms with Gasteiger partial charge in [-0.1, -0.05) is 25.6 Å². The molecule has 0 aromatic carbocycles. The van der Waals surface area contributed by atoms with Crippen LogP contribution in [0.25, 0.3) is 16.7 Å². The van der Waals surface area contributed by atoms with E-state index in [0.717, 1.165) is 42.3 Å². The van der Waals surface area contributed by atoms with Crippen molar-refractivity contribution in [3.63, 3.8) is 0 Å². The van der Waals surface area contributed by atoms with Crippen molar-refractivity contribution in [2.45, 2.75) is 38.7 Å². The molecule has 140 valence electrons. The molecule has 1 saturated heterocycles. The van der Waals surface area contributed by atoms with E-state index in [9.17, 15) is 0 Å². The Morgan fingerprint density at radius 1 is 1.38 bits per heavy atom. The Morgan fingerprint density at radius 3 is 3.04 bits per heavy atom. The molecule has 0 amide bonds. The summed E-state index contributed by atoms with van der Waals surface area (Å²) in [5.74, 6) is 0.722. The van der Waals surface area contributed by atoms with Gasteiger partial charge in [-0.15, -0.1) is 0 Å². The van der Waals surface area contributed by atoms with E-state index in [0.29, 0.717) is 11.5 Å². The third kappa shape index (κ3) is 3.23. The predicted octanol–water partition coefficient (Wildman–Crippen LogP) is 2.93. The highest BCUT2D eigenvalue weighted by molar-refractivity contribution is 8.04. The zero-order valence-corrected chi connectivity index (χ0v) is 16.8. The average molecular weight is 373 g/mol. The number of H-pyrrole nitrogens is 1. The van der Waals surface area contributed by atoms with Crippen LogP contribution in [0.4, 0.5) is 0 Å². The van der Waals surface area contributed by atoms with Crippen molar-refractivity contribution in [3.05, 3.63) is 28.9 Å². The fraction of sp³-hybridized carbons (Fsp3) is 0.579. The highest BCUT2D eigenvalue weighted by Crippen LogP contribution is 2.44.